The maximum absolute atomic E-state index is 11.7. The Morgan fingerprint density at radius 1 is 1.11 bits per heavy atom. The molecule has 0 amide bonds. The van der Waals surface area contributed by atoms with E-state index in [-0.39, 0.29) is 17.3 Å². The number of carbonyl (C=O) groups excluding carboxylic acids is 1. The zero-order valence-corrected chi connectivity index (χ0v) is 9.90. The zero-order chi connectivity index (χ0) is 12.8. The van der Waals surface area contributed by atoms with Crippen LogP contribution >= 0.6 is 0 Å². The van der Waals surface area contributed by atoms with Crippen LogP contribution in [0, 0.1) is 0 Å². The van der Waals surface area contributed by atoms with Crippen molar-refractivity contribution in [1.82, 2.24) is 0 Å². The molecule has 1 aromatic carbocycles. The highest BCUT2D eigenvalue weighted by molar-refractivity contribution is 7.82. The third-order valence-corrected chi connectivity index (χ3v) is 3.35. The van der Waals surface area contributed by atoms with E-state index in [1.165, 1.54) is 18.4 Å². The molecular formula is C11H8O6S. The van der Waals surface area contributed by atoms with E-state index in [2.05, 4.69) is 8.37 Å². The first-order chi connectivity index (χ1) is 8.55. The van der Waals surface area contributed by atoms with Crippen LogP contribution in [-0.2, 0) is 19.9 Å². The Hall–Kier alpha value is -2.02. The molecule has 0 unspecified atom stereocenters. The minimum absolute atomic E-state index is 0.0528. The molecule has 2 aliphatic heterocycles. The number of carbonyl (C=O) groups is 1. The molecule has 0 saturated carbocycles. The SMILES string of the molecule is O=C1CCOC=C1c1ccc2c(c1)OS(=O)(=O)O2. The van der Waals surface area contributed by atoms with E-state index in [0.717, 1.165) is 0 Å². The molecule has 0 bridgehead atoms. The Morgan fingerprint density at radius 2 is 1.89 bits per heavy atom. The summed E-state index contributed by atoms with van der Waals surface area (Å²) in [5.74, 6) is 0.137. The van der Waals surface area contributed by atoms with E-state index in [1.54, 1.807) is 6.07 Å². The molecule has 0 atom stereocenters. The number of benzene rings is 1. The first-order valence-electron chi connectivity index (χ1n) is 5.18. The highest BCUT2D eigenvalue weighted by atomic mass is 32.3. The molecule has 7 heteroatoms. The van der Waals surface area contributed by atoms with Crippen molar-refractivity contribution in [2.75, 3.05) is 6.61 Å². The Morgan fingerprint density at radius 3 is 2.67 bits per heavy atom. The summed E-state index contributed by atoms with van der Waals surface area (Å²) in [6, 6.07) is 4.47. The van der Waals surface area contributed by atoms with E-state index >= 15 is 0 Å². The minimum Gasteiger partial charge on any atom is -0.500 e. The lowest BCUT2D eigenvalue weighted by atomic mass is 10.00. The van der Waals surface area contributed by atoms with Gasteiger partial charge in [0.15, 0.2) is 17.3 Å². The molecule has 0 saturated heterocycles. The van der Waals surface area contributed by atoms with Crippen LogP contribution in [0.25, 0.3) is 5.57 Å². The lowest BCUT2D eigenvalue weighted by molar-refractivity contribution is -0.115. The van der Waals surface area contributed by atoms with Gasteiger partial charge in [0.2, 0.25) is 0 Å². The molecule has 0 fully saturated rings. The van der Waals surface area contributed by atoms with Gasteiger partial charge in [-0.15, -0.1) is 8.42 Å². The molecular weight excluding hydrogens is 260 g/mol. The topological polar surface area (TPSA) is 78.9 Å². The molecule has 94 valence electrons. The number of ether oxygens (including phenoxy) is 1. The van der Waals surface area contributed by atoms with Crippen molar-refractivity contribution < 1.29 is 26.3 Å². The summed E-state index contributed by atoms with van der Waals surface area (Å²) in [6.07, 6.45) is 1.68. The summed E-state index contributed by atoms with van der Waals surface area (Å²) in [7, 11) is -4.00. The van der Waals surface area contributed by atoms with Gasteiger partial charge in [-0.05, 0) is 17.7 Å². The molecule has 1 aromatic rings. The van der Waals surface area contributed by atoms with Crippen LogP contribution in [-0.4, -0.2) is 20.8 Å². The van der Waals surface area contributed by atoms with Crippen LogP contribution in [0.5, 0.6) is 11.5 Å². The number of rotatable bonds is 1. The number of fused-ring (bicyclic) bond motifs is 1. The summed E-state index contributed by atoms with van der Waals surface area (Å²) in [5.41, 5.74) is 0.941. The average molecular weight is 268 g/mol. The summed E-state index contributed by atoms with van der Waals surface area (Å²) in [4.78, 5) is 11.7. The van der Waals surface area contributed by atoms with Gasteiger partial charge in [-0.2, -0.15) is 0 Å². The zero-order valence-electron chi connectivity index (χ0n) is 9.08. The van der Waals surface area contributed by atoms with Crippen molar-refractivity contribution in [3.63, 3.8) is 0 Å². The third kappa shape index (κ3) is 1.82. The summed E-state index contributed by atoms with van der Waals surface area (Å²) >= 11 is 0. The lowest BCUT2D eigenvalue weighted by Gasteiger charge is -2.12. The van der Waals surface area contributed by atoms with Crippen LogP contribution in [0.15, 0.2) is 24.5 Å². The number of allylic oxidation sites excluding steroid dienone is 1. The smallest absolute Gasteiger partial charge is 0.500 e. The van der Waals surface area contributed by atoms with Gasteiger partial charge in [-0.1, -0.05) is 6.07 Å². The van der Waals surface area contributed by atoms with Gasteiger partial charge >= 0.3 is 10.4 Å². The van der Waals surface area contributed by atoms with Crippen molar-refractivity contribution in [1.29, 1.82) is 0 Å². The molecule has 0 radical (unpaired) electrons. The van der Waals surface area contributed by atoms with E-state index in [0.29, 0.717) is 24.2 Å². The van der Waals surface area contributed by atoms with Crippen molar-refractivity contribution in [2.45, 2.75) is 6.42 Å². The summed E-state index contributed by atoms with van der Waals surface area (Å²) in [6.45, 7) is 0.362. The van der Waals surface area contributed by atoms with Gasteiger partial charge in [0.05, 0.1) is 18.4 Å². The fourth-order valence-corrected chi connectivity index (χ4v) is 2.51. The van der Waals surface area contributed by atoms with Crippen LogP contribution in [0.3, 0.4) is 0 Å². The highest BCUT2D eigenvalue weighted by Crippen LogP contribution is 2.38. The minimum atomic E-state index is -4.00. The Balaban J connectivity index is 2.02. The summed E-state index contributed by atoms with van der Waals surface area (Å²) < 4.78 is 36.5. The van der Waals surface area contributed by atoms with Crippen LogP contribution in [0.4, 0.5) is 0 Å². The molecule has 0 aliphatic carbocycles. The second-order valence-corrected chi connectivity index (χ2v) is 4.96. The number of Topliss-reactive ketones (excluding diaryl/α,β-unsaturated/α-hetero) is 1. The van der Waals surface area contributed by atoms with Gasteiger partial charge in [0.1, 0.15) is 0 Å². The first-order valence-corrected chi connectivity index (χ1v) is 6.52. The van der Waals surface area contributed by atoms with E-state index in [4.69, 9.17) is 4.74 Å². The quantitative estimate of drug-likeness (QED) is 0.757. The second kappa shape index (κ2) is 3.74. The van der Waals surface area contributed by atoms with Gasteiger partial charge in [-0.3, -0.25) is 4.79 Å². The fraction of sp³-hybridized carbons (Fsp3) is 0.182. The van der Waals surface area contributed by atoms with Gasteiger partial charge in [0.25, 0.3) is 0 Å². The van der Waals surface area contributed by atoms with Crippen molar-refractivity contribution in [3.8, 4) is 11.5 Å². The normalized spacial score (nSPS) is 20.2. The molecule has 0 aromatic heterocycles. The summed E-state index contributed by atoms with van der Waals surface area (Å²) in [5, 5.41) is 0. The maximum atomic E-state index is 11.7. The van der Waals surface area contributed by atoms with Crippen LogP contribution in [0.1, 0.15) is 12.0 Å². The highest BCUT2D eigenvalue weighted by Gasteiger charge is 2.29. The Kier molecular flexibility index (Phi) is 2.30. The predicted molar refractivity (Wildman–Crippen MR) is 60.2 cm³/mol. The van der Waals surface area contributed by atoms with Crippen molar-refractivity contribution in [2.24, 2.45) is 0 Å². The first kappa shape index (κ1) is 11.1. The Labute approximate surface area is 103 Å². The molecule has 0 spiro atoms. The van der Waals surface area contributed by atoms with Gasteiger partial charge in [-0.25, -0.2) is 0 Å². The monoisotopic (exact) mass is 268 g/mol. The van der Waals surface area contributed by atoms with Crippen LogP contribution in [0.2, 0.25) is 0 Å². The predicted octanol–water partition coefficient (Wildman–Crippen LogP) is 1.03. The fourth-order valence-electron chi connectivity index (χ4n) is 1.77. The second-order valence-electron chi connectivity index (χ2n) is 3.81. The lowest BCUT2D eigenvalue weighted by Crippen LogP contribution is -2.10. The molecule has 3 rings (SSSR count). The van der Waals surface area contributed by atoms with Gasteiger partial charge in [0, 0.05) is 6.42 Å². The third-order valence-electron chi connectivity index (χ3n) is 2.59. The van der Waals surface area contributed by atoms with Gasteiger partial charge < -0.3 is 13.1 Å². The number of hydrogen-bond acceptors (Lipinski definition) is 6. The van der Waals surface area contributed by atoms with E-state index in [1.807, 2.05) is 0 Å². The Bertz CT molecular complexity index is 658. The number of ketones is 1. The van der Waals surface area contributed by atoms with Crippen molar-refractivity contribution in [3.05, 3.63) is 30.0 Å². The van der Waals surface area contributed by atoms with E-state index in [9.17, 15) is 13.2 Å². The molecule has 0 N–H and O–H groups in total. The molecule has 2 heterocycles. The van der Waals surface area contributed by atoms with Crippen molar-refractivity contribution >= 4 is 21.8 Å². The number of hydrogen-bond donors (Lipinski definition) is 0. The van der Waals surface area contributed by atoms with E-state index < -0.39 is 10.4 Å². The molecule has 2 aliphatic rings. The average Bonchev–Trinajstić information content (AvgIpc) is 2.62. The molecule has 6 nitrogen and oxygen atoms in total. The molecule has 18 heavy (non-hydrogen) atoms. The maximum Gasteiger partial charge on any atom is 0.501 e. The largest absolute Gasteiger partial charge is 0.501 e. The standard InChI is InChI=1S/C11H8O6S/c12-9-3-4-15-6-8(9)7-1-2-10-11(5-7)17-18(13,14)16-10/h1-2,5-6H,3-4H2. The van der Waals surface area contributed by atoms with Crippen LogP contribution < -0.4 is 8.37 Å².